The van der Waals surface area contributed by atoms with Crippen LogP contribution in [0.15, 0.2) is 28.7 Å². The third-order valence-electron chi connectivity index (χ3n) is 3.06. The zero-order valence-corrected chi connectivity index (χ0v) is 11.2. The molecule has 0 aliphatic heterocycles. The van der Waals surface area contributed by atoms with Crippen molar-refractivity contribution in [1.29, 1.82) is 0 Å². The Balaban J connectivity index is 2.27. The van der Waals surface area contributed by atoms with Gasteiger partial charge in [-0.2, -0.15) is 0 Å². The number of aliphatic hydroxyl groups excluding tert-OH is 1. The van der Waals surface area contributed by atoms with Gasteiger partial charge in [-0.15, -0.1) is 0 Å². The maximum Gasteiger partial charge on any atom is 0.151 e. The molecule has 0 spiro atoms. The molecule has 0 bridgehead atoms. The van der Waals surface area contributed by atoms with Crippen LogP contribution in [-0.4, -0.2) is 31.6 Å². The van der Waals surface area contributed by atoms with Gasteiger partial charge in [0.2, 0.25) is 0 Å². The average Bonchev–Trinajstić information content (AvgIpc) is 2.92. The molecule has 1 N–H and O–H groups in total. The van der Waals surface area contributed by atoms with Crippen LogP contribution in [0.2, 0.25) is 0 Å². The largest absolute Gasteiger partial charge is 0.396 e. The van der Waals surface area contributed by atoms with E-state index in [-0.39, 0.29) is 18.4 Å². The summed E-state index contributed by atoms with van der Waals surface area (Å²) in [6, 6.07) is 7.59. The van der Waals surface area contributed by atoms with Crippen LogP contribution in [0.25, 0.3) is 0 Å². The van der Waals surface area contributed by atoms with E-state index in [1.807, 2.05) is 24.3 Å². The predicted molar refractivity (Wildman–Crippen MR) is 66.1 cm³/mol. The van der Waals surface area contributed by atoms with E-state index in [0.717, 1.165) is 10.0 Å². The maximum absolute atomic E-state index is 11.5. The third-order valence-corrected chi connectivity index (χ3v) is 5.22. The van der Waals surface area contributed by atoms with Gasteiger partial charge in [-0.1, -0.05) is 28.1 Å². The summed E-state index contributed by atoms with van der Waals surface area (Å²) in [5, 5.41) is 8.73. The third kappa shape index (κ3) is 2.17. The molecule has 3 nitrogen and oxygen atoms in total. The average molecular weight is 305 g/mol. The minimum absolute atomic E-state index is 0.0481. The lowest BCUT2D eigenvalue weighted by atomic mass is 10.1. The normalized spacial score (nSPS) is 29.1. The number of rotatable bonds is 3. The summed E-state index contributed by atoms with van der Waals surface area (Å²) in [6.07, 6.45) is 1.24. The summed E-state index contributed by atoms with van der Waals surface area (Å²) in [5.74, 6) is -0.190. The van der Waals surface area contributed by atoms with Gasteiger partial charge in [-0.3, -0.25) is 0 Å². The van der Waals surface area contributed by atoms with E-state index >= 15 is 0 Å². The van der Waals surface area contributed by atoms with Gasteiger partial charge < -0.3 is 5.11 Å². The first-order chi connectivity index (χ1) is 7.45. The number of benzene rings is 1. The Morgan fingerprint density at radius 2 is 1.88 bits per heavy atom. The fourth-order valence-corrected chi connectivity index (χ4v) is 4.22. The quantitative estimate of drug-likeness (QED) is 0.922. The van der Waals surface area contributed by atoms with Crippen molar-refractivity contribution in [3.05, 3.63) is 34.3 Å². The van der Waals surface area contributed by atoms with Crippen molar-refractivity contribution in [1.82, 2.24) is 0 Å². The molecular formula is C11H13BrO3S. The number of sulfone groups is 1. The molecule has 2 rings (SSSR count). The van der Waals surface area contributed by atoms with Crippen molar-refractivity contribution in [2.75, 3.05) is 12.9 Å². The van der Waals surface area contributed by atoms with Gasteiger partial charge >= 0.3 is 0 Å². The van der Waals surface area contributed by atoms with Crippen molar-refractivity contribution in [2.24, 2.45) is 5.92 Å². The monoisotopic (exact) mass is 304 g/mol. The van der Waals surface area contributed by atoms with E-state index in [1.165, 1.54) is 6.26 Å². The Labute approximate surface area is 104 Å². The van der Waals surface area contributed by atoms with Gasteiger partial charge in [0, 0.05) is 29.2 Å². The van der Waals surface area contributed by atoms with E-state index in [1.54, 1.807) is 0 Å². The lowest BCUT2D eigenvalue weighted by Crippen LogP contribution is -2.08. The molecule has 0 aromatic heterocycles. The van der Waals surface area contributed by atoms with Gasteiger partial charge in [0.1, 0.15) is 0 Å². The molecule has 1 saturated carbocycles. The number of halogens is 1. The van der Waals surface area contributed by atoms with E-state index in [2.05, 4.69) is 15.9 Å². The zero-order chi connectivity index (χ0) is 11.9. The molecule has 16 heavy (non-hydrogen) atoms. The molecule has 0 radical (unpaired) electrons. The van der Waals surface area contributed by atoms with Crippen LogP contribution < -0.4 is 0 Å². The SMILES string of the molecule is CS(=O)(=O)[C@H]1[C@H](CO)[C@@H]1c1ccc(Br)cc1. The smallest absolute Gasteiger partial charge is 0.151 e. The standard InChI is InChI=1S/C11H13BrO3S/c1-16(14,15)11-9(6-13)10(11)7-2-4-8(12)5-3-7/h2-5,9-11,13H,6H2,1H3/t9-,10+,11+/m1/s1. The van der Waals surface area contributed by atoms with Crippen LogP contribution in [0.1, 0.15) is 11.5 Å². The highest BCUT2D eigenvalue weighted by Gasteiger charge is 2.56. The summed E-state index contributed by atoms with van der Waals surface area (Å²) >= 11 is 3.33. The maximum atomic E-state index is 11.5. The number of hydrogen-bond donors (Lipinski definition) is 1. The molecule has 0 saturated heterocycles. The van der Waals surface area contributed by atoms with Crippen LogP contribution in [0.4, 0.5) is 0 Å². The minimum atomic E-state index is -3.07. The predicted octanol–water partition coefficient (Wildman–Crippen LogP) is 1.57. The second-order valence-corrected chi connectivity index (χ2v) is 7.34. The molecule has 0 heterocycles. The molecule has 0 unspecified atom stereocenters. The second-order valence-electron chi connectivity index (χ2n) is 4.22. The fourth-order valence-electron chi connectivity index (χ4n) is 2.27. The van der Waals surface area contributed by atoms with Gasteiger partial charge in [-0.05, 0) is 17.7 Å². The molecule has 1 aliphatic rings. The van der Waals surface area contributed by atoms with Crippen LogP contribution in [0.5, 0.6) is 0 Å². The molecule has 1 aromatic carbocycles. The highest BCUT2D eigenvalue weighted by Crippen LogP contribution is 2.51. The first kappa shape index (κ1) is 12.1. The number of aliphatic hydroxyl groups is 1. The Hall–Kier alpha value is -0.390. The highest BCUT2D eigenvalue weighted by molar-refractivity contribution is 9.10. The Morgan fingerprint density at radius 3 is 2.25 bits per heavy atom. The summed E-state index contributed by atoms with van der Waals surface area (Å²) < 4.78 is 24.0. The van der Waals surface area contributed by atoms with Gasteiger partial charge in [0.15, 0.2) is 9.84 Å². The first-order valence-electron chi connectivity index (χ1n) is 5.00. The summed E-state index contributed by atoms with van der Waals surface area (Å²) in [7, 11) is -3.07. The van der Waals surface area contributed by atoms with Crippen molar-refractivity contribution >= 4 is 25.8 Å². The summed E-state index contributed by atoms with van der Waals surface area (Å²) in [6.45, 7) is -0.0710. The highest BCUT2D eigenvalue weighted by atomic mass is 79.9. The Kier molecular flexibility index (Phi) is 3.11. The van der Waals surface area contributed by atoms with Crippen molar-refractivity contribution in [3.63, 3.8) is 0 Å². The minimum Gasteiger partial charge on any atom is -0.396 e. The van der Waals surface area contributed by atoms with Crippen LogP contribution in [0.3, 0.4) is 0 Å². The van der Waals surface area contributed by atoms with E-state index in [0.29, 0.717) is 0 Å². The molecule has 1 fully saturated rings. The van der Waals surface area contributed by atoms with Gasteiger partial charge in [0.05, 0.1) is 5.25 Å². The van der Waals surface area contributed by atoms with E-state index < -0.39 is 15.1 Å². The molecule has 1 aromatic rings. The van der Waals surface area contributed by atoms with Crippen LogP contribution in [0, 0.1) is 5.92 Å². The Morgan fingerprint density at radius 1 is 1.31 bits per heavy atom. The van der Waals surface area contributed by atoms with Crippen LogP contribution >= 0.6 is 15.9 Å². The zero-order valence-electron chi connectivity index (χ0n) is 8.80. The molecular weight excluding hydrogens is 292 g/mol. The van der Waals surface area contributed by atoms with Gasteiger partial charge in [-0.25, -0.2) is 8.42 Å². The lowest BCUT2D eigenvalue weighted by Gasteiger charge is -1.99. The van der Waals surface area contributed by atoms with Crippen molar-refractivity contribution in [3.8, 4) is 0 Å². The molecule has 3 atom stereocenters. The van der Waals surface area contributed by atoms with E-state index in [9.17, 15) is 8.42 Å². The molecule has 1 aliphatic carbocycles. The first-order valence-corrected chi connectivity index (χ1v) is 7.75. The molecule has 88 valence electrons. The molecule has 5 heteroatoms. The molecule has 0 amide bonds. The topological polar surface area (TPSA) is 54.4 Å². The van der Waals surface area contributed by atoms with Crippen molar-refractivity contribution in [2.45, 2.75) is 11.2 Å². The second kappa shape index (κ2) is 4.13. The van der Waals surface area contributed by atoms with E-state index in [4.69, 9.17) is 5.11 Å². The summed E-state index contributed by atoms with van der Waals surface area (Å²) in [4.78, 5) is 0. The number of hydrogen-bond acceptors (Lipinski definition) is 3. The fraction of sp³-hybridized carbons (Fsp3) is 0.455. The van der Waals surface area contributed by atoms with Crippen molar-refractivity contribution < 1.29 is 13.5 Å². The van der Waals surface area contributed by atoms with Crippen LogP contribution in [-0.2, 0) is 9.84 Å². The van der Waals surface area contributed by atoms with Gasteiger partial charge in [0.25, 0.3) is 0 Å². The Bertz CT molecular complexity index is 480. The lowest BCUT2D eigenvalue weighted by molar-refractivity contribution is 0.274. The summed E-state index contributed by atoms with van der Waals surface area (Å²) in [5.41, 5.74) is 0.984.